The van der Waals surface area contributed by atoms with Gasteiger partial charge in [0.15, 0.2) is 5.11 Å². The summed E-state index contributed by atoms with van der Waals surface area (Å²) in [5.74, 6) is 0.123. The smallest absolute Gasteiger partial charge is 0.261 e. The molecule has 35 heavy (non-hydrogen) atoms. The van der Waals surface area contributed by atoms with Gasteiger partial charge in [0, 0.05) is 38.8 Å². The number of nitrogens with zero attached hydrogens (tertiary/aromatic N) is 2. The van der Waals surface area contributed by atoms with Crippen molar-refractivity contribution in [2.24, 2.45) is 0 Å². The van der Waals surface area contributed by atoms with Crippen molar-refractivity contribution in [2.75, 3.05) is 43.5 Å². The predicted octanol–water partition coefficient (Wildman–Crippen LogP) is 5.06. The van der Waals surface area contributed by atoms with Gasteiger partial charge in [-0.3, -0.25) is 14.9 Å². The molecule has 182 valence electrons. The molecular weight excluding hydrogens is 552 g/mol. The van der Waals surface area contributed by atoms with Gasteiger partial charge in [-0.2, -0.15) is 0 Å². The van der Waals surface area contributed by atoms with Crippen LogP contribution in [0.3, 0.4) is 0 Å². The van der Waals surface area contributed by atoms with E-state index >= 15 is 0 Å². The number of methoxy groups -OCH3 is 1. The summed E-state index contributed by atoms with van der Waals surface area (Å²) >= 11 is 15.5. The number of amides is 2. The Hall–Kier alpha value is -2.88. The van der Waals surface area contributed by atoms with E-state index in [1.165, 1.54) is 7.11 Å². The van der Waals surface area contributed by atoms with Crippen molar-refractivity contribution in [3.8, 4) is 5.75 Å². The highest BCUT2D eigenvalue weighted by Gasteiger charge is 2.21. The fourth-order valence-corrected chi connectivity index (χ4v) is 5.34. The van der Waals surface area contributed by atoms with Gasteiger partial charge in [0.25, 0.3) is 5.91 Å². The van der Waals surface area contributed by atoms with Crippen LogP contribution < -0.4 is 20.3 Å². The molecule has 0 radical (unpaired) electrons. The predicted molar refractivity (Wildman–Crippen MR) is 148 cm³/mol. The van der Waals surface area contributed by atoms with E-state index in [1.54, 1.807) is 19.1 Å². The summed E-state index contributed by atoms with van der Waals surface area (Å²) < 4.78 is 6.20. The average Bonchev–Trinajstić information content (AvgIpc) is 2.84. The Morgan fingerprint density at radius 3 is 2.46 bits per heavy atom. The Kier molecular flexibility index (Phi) is 7.78. The maximum absolute atomic E-state index is 13.0. The normalized spacial score (nSPS) is 13.5. The van der Waals surface area contributed by atoms with Gasteiger partial charge in [-0.15, -0.1) is 0 Å². The van der Waals surface area contributed by atoms with Crippen LogP contribution in [-0.4, -0.2) is 55.1 Å². The maximum atomic E-state index is 13.0. The summed E-state index contributed by atoms with van der Waals surface area (Å²) in [5.41, 5.74) is 1.90. The Labute approximate surface area is 222 Å². The number of carbonyl (C=O) groups is 2. The van der Waals surface area contributed by atoms with Gasteiger partial charge < -0.3 is 19.9 Å². The SMILES string of the molecule is COc1c(C(=O)NC(=S)Nc2ccc(N3CCN(C(C)=O)CC3)c(Cl)c2)cc2ccccc2c1Br. The van der Waals surface area contributed by atoms with Gasteiger partial charge in [-0.05, 0) is 63.2 Å². The number of benzene rings is 3. The van der Waals surface area contributed by atoms with Gasteiger partial charge in [0.2, 0.25) is 5.91 Å². The lowest BCUT2D eigenvalue weighted by molar-refractivity contribution is -0.129. The van der Waals surface area contributed by atoms with Crippen LogP contribution in [0.15, 0.2) is 53.0 Å². The molecule has 0 aliphatic carbocycles. The van der Waals surface area contributed by atoms with E-state index in [4.69, 9.17) is 28.6 Å². The first-order chi connectivity index (χ1) is 16.8. The van der Waals surface area contributed by atoms with E-state index in [9.17, 15) is 9.59 Å². The highest BCUT2D eigenvalue weighted by atomic mass is 79.9. The molecule has 3 aromatic carbocycles. The molecule has 0 unspecified atom stereocenters. The standard InChI is InChI=1S/C25H24BrClN4O3S/c1-15(32)30-9-11-31(12-10-30)21-8-7-17(14-20(21)27)28-25(35)29-24(33)19-13-16-5-3-4-6-18(16)22(26)23(19)34-2/h3-8,13-14H,9-12H2,1-2H3,(H2,28,29,33,35). The largest absolute Gasteiger partial charge is 0.495 e. The molecule has 4 rings (SSSR count). The van der Waals surface area contributed by atoms with Crippen molar-refractivity contribution >= 4 is 78.8 Å². The third-order valence-electron chi connectivity index (χ3n) is 5.89. The molecular formula is C25H24BrClN4O3S. The molecule has 0 atom stereocenters. The molecule has 1 heterocycles. The van der Waals surface area contributed by atoms with E-state index in [0.29, 0.717) is 52.7 Å². The first kappa shape index (κ1) is 25.2. The Morgan fingerprint density at radius 1 is 1.09 bits per heavy atom. The van der Waals surface area contributed by atoms with Crippen molar-refractivity contribution < 1.29 is 14.3 Å². The third-order valence-corrected chi connectivity index (χ3v) is 7.18. The zero-order chi connectivity index (χ0) is 25.1. The molecule has 0 aromatic heterocycles. The van der Waals surface area contributed by atoms with Gasteiger partial charge in [0.05, 0.1) is 27.9 Å². The number of nitrogens with one attached hydrogen (secondary N) is 2. The van der Waals surface area contributed by atoms with Crippen molar-refractivity contribution in [1.29, 1.82) is 0 Å². The molecule has 1 aliphatic heterocycles. The van der Waals surface area contributed by atoms with Gasteiger partial charge >= 0.3 is 0 Å². The summed E-state index contributed by atoms with van der Waals surface area (Å²) in [6.07, 6.45) is 0. The van der Waals surface area contributed by atoms with Crippen molar-refractivity contribution in [3.63, 3.8) is 0 Å². The van der Waals surface area contributed by atoms with Crippen LogP contribution in [0.5, 0.6) is 5.75 Å². The highest BCUT2D eigenvalue weighted by molar-refractivity contribution is 9.10. The Balaban J connectivity index is 1.44. The number of piperazine rings is 1. The zero-order valence-electron chi connectivity index (χ0n) is 19.2. The fraction of sp³-hybridized carbons (Fsp3) is 0.240. The molecule has 7 nitrogen and oxygen atoms in total. The van der Waals surface area contributed by atoms with E-state index in [0.717, 1.165) is 16.5 Å². The van der Waals surface area contributed by atoms with Gasteiger partial charge in [0.1, 0.15) is 5.75 Å². The van der Waals surface area contributed by atoms with Crippen LogP contribution >= 0.6 is 39.7 Å². The lowest BCUT2D eigenvalue weighted by Gasteiger charge is -2.36. The Bertz CT molecular complexity index is 1310. The number of thiocarbonyl (C=S) groups is 1. The molecule has 3 aromatic rings. The molecule has 2 N–H and O–H groups in total. The monoisotopic (exact) mass is 574 g/mol. The topological polar surface area (TPSA) is 73.9 Å². The second-order valence-electron chi connectivity index (χ2n) is 8.06. The van der Waals surface area contributed by atoms with E-state index in [-0.39, 0.29) is 11.0 Å². The number of fused-ring (bicyclic) bond motifs is 1. The number of carbonyl (C=O) groups excluding carboxylic acids is 2. The number of ether oxygens (including phenoxy) is 1. The number of hydrogen-bond donors (Lipinski definition) is 2. The lowest BCUT2D eigenvalue weighted by atomic mass is 10.1. The van der Waals surface area contributed by atoms with Crippen LogP contribution in [0.4, 0.5) is 11.4 Å². The first-order valence-corrected chi connectivity index (χ1v) is 12.5. The molecule has 0 spiro atoms. The molecule has 1 aliphatic rings. The molecule has 0 saturated carbocycles. The minimum Gasteiger partial charge on any atom is -0.495 e. The Morgan fingerprint density at radius 2 is 1.80 bits per heavy atom. The lowest BCUT2D eigenvalue weighted by Crippen LogP contribution is -2.48. The minimum atomic E-state index is -0.392. The fourth-order valence-electron chi connectivity index (χ4n) is 4.09. The maximum Gasteiger partial charge on any atom is 0.261 e. The van der Waals surface area contributed by atoms with E-state index < -0.39 is 5.91 Å². The second kappa shape index (κ2) is 10.8. The molecule has 1 fully saturated rings. The molecule has 10 heteroatoms. The van der Waals surface area contributed by atoms with Crippen LogP contribution in [0.2, 0.25) is 5.02 Å². The van der Waals surface area contributed by atoms with Crippen LogP contribution in [-0.2, 0) is 4.79 Å². The summed E-state index contributed by atoms with van der Waals surface area (Å²) in [4.78, 5) is 28.6. The van der Waals surface area contributed by atoms with Gasteiger partial charge in [-0.1, -0.05) is 35.9 Å². The third kappa shape index (κ3) is 5.52. The van der Waals surface area contributed by atoms with Crippen LogP contribution in [0.1, 0.15) is 17.3 Å². The van der Waals surface area contributed by atoms with Gasteiger partial charge in [-0.25, -0.2) is 0 Å². The minimum absolute atomic E-state index is 0.0829. The number of rotatable bonds is 4. The van der Waals surface area contributed by atoms with Crippen LogP contribution in [0.25, 0.3) is 10.8 Å². The summed E-state index contributed by atoms with van der Waals surface area (Å²) in [6, 6.07) is 15.0. The van der Waals surface area contributed by atoms with Crippen molar-refractivity contribution in [1.82, 2.24) is 10.2 Å². The van der Waals surface area contributed by atoms with Crippen molar-refractivity contribution in [3.05, 3.63) is 63.6 Å². The highest BCUT2D eigenvalue weighted by Crippen LogP contribution is 2.36. The quantitative estimate of drug-likeness (QED) is 0.424. The van der Waals surface area contributed by atoms with Crippen LogP contribution in [0, 0.1) is 0 Å². The summed E-state index contributed by atoms with van der Waals surface area (Å²) in [7, 11) is 1.52. The second-order valence-corrected chi connectivity index (χ2v) is 9.67. The van der Waals surface area contributed by atoms with Crippen molar-refractivity contribution in [2.45, 2.75) is 6.92 Å². The zero-order valence-corrected chi connectivity index (χ0v) is 22.4. The van der Waals surface area contributed by atoms with E-state index in [1.807, 2.05) is 41.3 Å². The molecule has 1 saturated heterocycles. The number of halogens is 2. The summed E-state index contributed by atoms with van der Waals surface area (Å²) in [5, 5.41) is 8.27. The average molecular weight is 576 g/mol. The molecule has 2 amide bonds. The summed E-state index contributed by atoms with van der Waals surface area (Å²) in [6.45, 7) is 4.33. The number of anilines is 2. The molecule has 0 bridgehead atoms. The van der Waals surface area contributed by atoms with E-state index in [2.05, 4.69) is 31.5 Å². The number of hydrogen-bond acceptors (Lipinski definition) is 5. The first-order valence-electron chi connectivity index (χ1n) is 11.0.